The maximum Gasteiger partial charge on any atom is 0.236 e. The Hall–Kier alpha value is -0.610. The second-order valence-corrected chi connectivity index (χ2v) is 6.02. The van der Waals surface area contributed by atoms with Crippen molar-refractivity contribution < 1.29 is 4.79 Å². The first-order chi connectivity index (χ1) is 9.24. The summed E-state index contributed by atoms with van der Waals surface area (Å²) in [6, 6.07) is 0.561. The molecule has 0 atom stereocenters. The second-order valence-electron chi connectivity index (χ2n) is 6.02. The molecular formula is C15H29N3O. The van der Waals surface area contributed by atoms with Gasteiger partial charge in [0.1, 0.15) is 0 Å². The van der Waals surface area contributed by atoms with Crippen molar-refractivity contribution in [2.24, 2.45) is 5.92 Å². The molecule has 4 nitrogen and oxygen atoms in total. The van der Waals surface area contributed by atoms with Crippen LogP contribution >= 0.6 is 0 Å². The number of likely N-dealkylation sites (N-methyl/N-ethyl adjacent to an activating group) is 1. The first-order valence-corrected chi connectivity index (χ1v) is 7.91. The molecule has 1 aliphatic heterocycles. The summed E-state index contributed by atoms with van der Waals surface area (Å²) >= 11 is 0. The van der Waals surface area contributed by atoms with Crippen molar-refractivity contribution >= 4 is 5.91 Å². The van der Waals surface area contributed by atoms with E-state index in [1.807, 2.05) is 7.05 Å². The lowest BCUT2D eigenvalue weighted by Crippen LogP contribution is -2.44. The fourth-order valence-electron chi connectivity index (χ4n) is 3.09. The van der Waals surface area contributed by atoms with Gasteiger partial charge in [0.15, 0.2) is 0 Å². The van der Waals surface area contributed by atoms with Gasteiger partial charge in [-0.05, 0) is 71.6 Å². The highest BCUT2D eigenvalue weighted by Crippen LogP contribution is 2.27. The number of carbonyl (C=O) groups is 1. The van der Waals surface area contributed by atoms with Gasteiger partial charge in [0, 0.05) is 12.6 Å². The Morgan fingerprint density at radius 2 is 1.95 bits per heavy atom. The van der Waals surface area contributed by atoms with E-state index in [9.17, 15) is 4.79 Å². The minimum atomic E-state index is 0.346. The molecule has 0 radical (unpaired) electrons. The summed E-state index contributed by atoms with van der Waals surface area (Å²) in [6.07, 6.45) is 6.22. The van der Waals surface area contributed by atoms with Crippen LogP contribution in [0.25, 0.3) is 0 Å². The van der Waals surface area contributed by atoms with Gasteiger partial charge in [0.25, 0.3) is 0 Å². The number of likely N-dealkylation sites (tertiary alicyclic amines) is 1. The Labute approximate surface area is 117 Å². The first-order valence-electron chi connectivity index (χ1n) is 7.91. The predicted molar refractivity (Wildman–Crippen MR) is 78.1 cm³/mol. The fraction of sp³-hybridized carbons (Fsp3) is 0.933. The van der Waals surface area contributed by atoms with E-state index in [0.717, 1.165) is 32.1 Å². The van der Waals surface area contributed by atoms with Crippen LogP contribution in [0.2, 0.25) is 0 Å². The zero-order chi connectivity index (χ0) is 13.7. The lowest BCUT2D eigenvalue weighted by atomic mass is 9.93. The molecule has 0 unspecified atom stereocenters. The maximum atomic E-state index is 12.3. The second kappa shape index (κ2) is 7.25. The number of carbonyl (C=O) groups excluding carboxylic acids is 1. The van der Waals surface area contributed by atoms with E-state index in [1.165, 1.54) is 32.1 Å². The first kappa shape index (κ1) is 14.8. The largest absolute Gasteiger partial charge is 0.339 e. The van der Waals surface area contributed by atoms with Crippen LogP contribution in [0, 0.1) is 5.92 Å². The lowest BCUT2D eigenvalue weighted by molar-refractivity contribution is -0.133. The van der Waals surface area contributed by atoms with Gasteiger partial charge in [0.2, 0.25) is 5.91 Å². The Bertz CT molecular complexity index is 283. The van der Waals surface area contributed by atoms with E-state index in [-0.39, 0.29) is 0 Å². The van der Waals surface area contributed by atoms with Gasteiger partial charge in [-0.2, -0.15) is 0 Å². The number of rotatable bonds is 7. The molecule has 2 fully saturated rings. The van der Waals surface area contributed by atoms with Crippen LogP contribution in [-0.4, -0.2) is 61.5 Å². The third-order valence-corrected chi connectivity index (χ3v) is 4.52. The van der Waals surface area contributed by atoms with E-state index in [2.05, 4.69) is 22.0 Å². The summed E-state index contributed by atoms with van der Waals surface area (Å²) < 4.78 is 0. The van der Waals surface area contributed by atoms with Crippen molar-refractivity contribution in [3.8, 4) is 0 Å². The smallest absolute Gasteiger partial charge is 0.236 e. The highest BCUT2D eigenvalue weighted by atomic mass is 16.2. The van der Waals surface area contributed by atoms with Gasteiger partial charge >= 0.3 is 0 Å². The summed E-state index contributed by atoms with van der Waals surface area (Å²) in [5.74, 6) is 1.20. The minimum absolute atomic E-state index is 0.346. The number of hydrogen-bond acceptors (Lipinski definition) is 3. The van der Waals surface area contributed by atoms with Crippen LogP contribution in [-0.2, 0) is 4.79 Å². The lowest BCUT2D eigenvalue weighted by Gasteiger charge is -2.33. The molecule has 1 N–H and O–H groups in total. The number of nitrogens with one attached hydrogen (secondary N) is 1. The highest BCUT2D eigenvalue weighted by Gasteiger charge is 2.32. The molecule has 19 heavy (non-hydrogen) atoms. The maximum absolute atomic E-state index is 12.3. The molecule has 1 aliphatic carbocycles. The van der Waals surface area contributed by atoms with Gasteiger partial charge in [0.05, 0.1) is 6.54 Å². The van der Waals surface area contributed by atoms with Gasteiger partial charge in [-0.15, -0.1) is 0 Å². The Kier molecular flexibility index (Phi) is 5.64. The van der Waals surface area contributed by atoms with Crippen LogP contribution < -0.4 is 5.32 Å². The van der Waals surface area contributed by atoms with Crippen LogP contribution in [0.1, 0.15) is 39.0 Å². The van der Waals surface area contributed by atoms with Crippen molar-refractivity contribution in [1.29, 1.82) is 0 Å². The minimum Gasteiger partial charge on any atom is -0.339 e. The topological polar surface area (TPSA) is 35.6 Å². The standard InChI is InChI=1S/C15H29N3O/c1-3-18(14-4-5-14)15(19)12-17-10-7-13(8-11-17)6-9-16-2/h13-14,16H,3-12H2,1-2H3. The molecule has 1 amide bonds. The van der Waals surface area contributed by atoms with Gasteiger partial charge < -0.3 is 10.2 Å². The van der Waals surface area contributed by atoms with Crippen molar-refractivity contribution in [1.82, 2.24) is 15.1 Å². The molecule has 2 rings (SSSR count). The summed E-state index contributed by atoms with van der Waals surface area (Å²) in [6.45, 7) is 6.94. The zero-order valence-electron chi connectivity index (χ0n) is 12.5. The van der Waals surface area contributed by atoms with Gasteiger partial charge in [-0.1, -0.05) is 0 Å². The molecular weight excluding hydrogens is 238 g/mol. The predicted octanol–water partition coefficient (Wildman–Crippen LogP) is 1.32. The van der Waals surface area contributed by atoms with E-state index in [0.29, 0.717) is 18.5 Å². The van der Waals surface area contributed by atoms with Crippen LogP contribution in [0.5, 0.6) is 0 Å². The van der Waals surface area contributed by atoms with E-state index < -0.39 is 0 Å². The van der Waals surface area contributed by atoms with Crippen molar-refractivity contribution in [2.75, 3.05) is 39.8 Å². The number of amides is 1. The van der Waals surface area contributed by atoms with Crippen LogP contribution in [0.4, 0.5) is 0 Å². The average molecular weight is 267 g/mol. The number of piperidine rings is 1. The number of hydrogen-bond donors (Lipinski definition) is 1. The molecule has 0 aromatic carbocycles. The Morgan fingerprint density at radius 1 is 1.26 bits per heavy atom. The summed E-state index contributed by atoms with van der Waals surface area (Å²) in [4.78, 5) is 16.7. The third kappa shape index (κ3) is 4.46. The molecule has 0 aromatic rings. The molecule has 0 aromatic heterocycles. The molecule has 1 saturated carbocycles. The molecule has 4 heteroatoms. The SMILES string of the molecule is CCN(C(=O)CN1CCC(CCNC)CC1)C1CC1. The normalized spacial score (nSPS) is 21.6. The van der Waals surface area contributed by atoms with E-state index in [1.54, 1.807) is 0 Å². The van der Waals surface area contributed by atoms with Crippen molar-refractivity contribution in [3.63, 3.8) is 0 Å². The van der Waals surface area contributed by atoms with E-state index >= 15 is 0 Å². The summed E-state index contributed by atoms with van der Waals surface area (Å²) in [5, 5.41) is 3.23. The zero-order valence-corrected chi connectivity index (χ0v) is 12.5. The quantitative estimate of drug-likeness (QED) is 0.755. The van der Waals surface area contributed by atoms with Crippen LogP contribution in [0.3, 0.4) is 0 Å². The molecule has 0 spiro atoms. The Morgan fingerprint density at radius 3 is 2.47 bits per heavy atom. The molecule has 110 valence electrons. The van der Waals surface area contributed by atoms with E-state index in [4.69, 9.17) is 0 Å². The Balaban J connectivity index is 1.68. The molecule has 1 heterocycles. The van der Waals surface area contributed by atoms with Gasteiger partial charge in [-0.3, -0.25) is 9.69 Å². The molecule has 0 bridgehead atoms. The highest BCUT2D eigenvalue weighted by molar-refractivity contribution is 5.78. The average Bonchev–Trinajstić information content (AvgIpc) is 3.23. The molecule has 2 aliphatic rings. The van der Waals surface area contributed by atoms with Crippen LogP contribution in [0.15, 0.2) is 0 Å². The van der Waals surface area contributed by atoms with Crippen molar-refractivity contribution in [3.05, 3.63) is 0 Å². The fourth-order valence-corrected chi connectivity index (χ4v) is 3.09. The summed E-state index contributed by atoms with van der Waals surface area (Å²) in [5.41, 5.74) is 0. The van der Waals surface area contributed by atoms with Crippen molar-refractivity contribution in [2.45, 2.75) is 45.1 Å². The summed E-state index contributed by atoms with van der Waals surface area (Å²) in [7, 11) is 2.02. The number of nitrogens with zero attached hydrogens (tertiary/aromatic N) is 2. The third-order valence-electron chi connectivity index (χ3n) is 4.52. The monoisotopic (exact) mass is 267 g/mol. The van der Waals surface area contributed by atoms with Gasteiger partial charge in [-0.25, -0.2) is 0 Å². The molecule has 1 saturated heterocycles.